The molecule has 1 aliphatic heterocycles. The van der Waals surface area contributed by atoms with Gasteiger partial charge in [0.15, 0.2) is 0 Å². The molecule has 25 heavy (non-hydrogen) atoms. The Bertz CT molecular complexity index is 870. The molecule has 0 saturated carbocycles. The number of nitrogens with zero attached hydrogens (tertiary/aromatic N) is 1. The molecule has 1 heterocycles. The van der Waals surface area contributed by atoms with Crippen LogP contribution in [-0.2, 0) is 6.54 Å². The smallest absolute Gasteiger partial charge is 0.252 e. The lowest BCUT2D eigenvalue weighted by Gasteiger charge is -2.17. The van der Waals surface area contributed by atoms with Crippen LogP contribution in [0.25, 0.3) is 10.8 Å². The van der Waals surface area contributed by atoms with E-state index in [4.69, 9.17) is 0 Å². The summed E-state index contributed by atoms with van der Waals surface area (Å²) < 4.78 is 0. The molecule has 4 rings (SSSR count). The van der Waals surface area contributed by atoms with E-state index in [1.165, 1.54) is 5.56 Å². The van der Waals surface area contributed by atoms with E-state index >= 15 is 0 Å². The lowest BCUT2D eigenvalue weighted by Crippen LogP contribution is -2.37. The summed E-state index contributed by atoms with van der Waals surface area (Å²) in [6, 6.07) is 24.7. The van der Waals surface area contributed by atoms with Gasteiger partial charge in [0.05, 0.1) is 0 Å². The van der Waals surface area contributed by atoms with Gasteiger partial charge in [-0.3, -0.25) is 9.69 Å². The first-order valence-electron chi connectivity index (χ1n) is 8.84. The van der Waals surface area contributed by atoms with Crippen LogP contribution in [0.15, 0.2) is 72.8 Å². The largest absolute Gasteiger partial charge is 0.348 e. The lowest BCUT2D eigenvalue weighted by atomic mass is 10.0. The third-order valence-corrected chi connectivity index (χ3v) is 4.89. The highest BCUT2D eigenvalue weighted by molar-refractivity contribution is 6.07. The Balaban J connectivity index is 1.41. The fourth-order valence-electron chi connectivity index (χ4n) is 3.62. The van der Waals surface area contributed by atoms with Gasteiger partial charge in [0.1, 0.15) is 0 Å². The Morgan fingerprint density at radius 1 is 0.960 bits per heavy atom. The molecular formula is C22H22N2O. The van der Waals surface area contributed by atoms with E-state index in [1.807, 2.05) is 48.5 Å². The number of fused-ring (bicyclic) bond motifs is 1. The Hall–Kier alpha value is -2.65. The quantitative estimate of drug-likeness (QED) is 0.788. The summed E-state index contributed by atoms with van der Waals surface area (Å²) in [4.78, 5) is 15.2. The van der Waals surface area contributed by atoms with Crippen LogP contribution in [0.2, 0.25) is 0 Å². The maximum absolute atomic E-state index is 12.7. The highest BCUT2D eigenvalue weighted by Gasteiger charge is 2.24. The van der Waals surface area contributed by atoms with Crippen LogP contribution in [-0.4, -0.2) is 29.9 Å². The summed E-state index contributed by atoms with van der Waals surface area (Å²) in [5.41, 5.74) is 2.09. The number of hydrogen-bond acceptors (Lipinski definition) is 2. The van der Waals surface area contributed by atoms with Gasteiger partial charge in [-0.15, -0.1) is 0 Å². The normalized spacial score (nSPS) is 17.7. The minimum Gasteiger partial charge on any atom is -0.348 e. The van der Waals surface area contributed by atoms with Crippen LogP contribution >= 0.6 is 0 Å². The standard InChI is InChI=1S/C22H22N2O/c25-22(21-12-6-10-18-9-4-5-11-20(18)21)23-19-13-14-24(16-19)15-17-7-2-1-3-8-17/h1-12,19H,13-16H2,(H,23,25). The van der Waals surface area contributed by atoms with E-state index in [0.717, 1.165) is 42.4 Å². The second-order valence-corrected chi connectivity index (χ2v) is 6.71. The summed E-state index contributed by atoms with van der Waals surface area (Å²) in [5, 5.41) is 5.34. The minimum absolute atomic E-state index is 0.0309. The molecule has 0 bridgehead atoms. The van der Waals surface area contributed by atoms with Gasteiger partial charge in [-0.25, -0.2) is 0 Å². The van der Waals surface area contributed by atoms with E-state index in [2.05, 4.69) is 34.5 Å². The first kappa shape index (κ1) is 15.9. The molecule has 1 fully saturated rings. The van der Waals surface area contributed by atoms with Crippen molar-refractivity contribution >= 4 is 16.7 Å². The number of nitrogens with one attached hydrogen (secondary N) is 1. The summed E-state index contributed by atoms with van der Waals surface area (Å²) in [7, 11) is 0. The highest BCUT2D eigenvalue weighted by atomic mass is 16.1. The Morgan fingerprint density at radius 2 is 1.72 bits per heavy atom. The van der Waals surface area contributed by atoms with E-state index < -0.39 is 0 Å². The van der Waals surface area contributed by atoms with Crippen LogP contribution in [0, 0.1) is 0 Å². The van der Waals surface area contributed by atoms with Crippen molar-refractivity contribution in [2.24, 2.45) is 0 Å². The zero-order valence-electron chi connectivity index (χ0n) is 14.2. The molecule has 0 spiro atoms. The Labute approximate surface area is 148 Å². The van der Waals surface area contributed by atoms with Crippen LogP contribution in [0.3, 0.4) is 0 Å². The highest BCUT2D eigenvalue weighted by Crippen LogP contribution is 2.19. The number of amides is 1. The summed E-state index contributed by atoms with van der Waals surface area (Å²) in [5.74, 6) is 0.0309. The van der Waals surface area contributed by atoms with Gasteiger partial charge in [0.25, 0.3) is 5.91 Å². The summed E-state index contributed by atoms with van der Waals surface area (Å²) in [6.07, 6.45) is 1.00. The van der Waals surface area contributed by atoms with Gasteiger partial charge >= 0.3 is 0 Å². The fourth-order valence-corrected chi connectivity index (χ4v) is 3.62. The molecule has 3 aromatic carbocycles. The molecule has 1 N–H and O–H groups in total. The molecule has 1 atom stereocenters. The van der Waals surface area contributed by atoms with Crippen molar-refractivity contribution < 1.29 is 4.79 Å². The topological polar surface area (TPSA) is 32.3 Å². The van der Waals surface area contributed by atoms with Crippen LogP contribution < -0.4 is 5.32 Å². The molecule has 0 aliphatic carbocycles. The predicted octanol–water partition coefficient (Wildman–Crippen LogP) is 3.84. The number of benzene rings is 3. The minimum atomic E-state index is 0.0309. The number of carbonyl (C=O) groups is 1. The van der Waals surface area contributed by atoms with E-state index in [9.17, 15) is 4.79 Å². The molecule has 3 nitrogen and oxygen atoms in total. The molecule has 3 heteroatoms. The van der Waals surface area contributed by atoms with Crippen molar-refractivity contribution in [1.82, 2.24) is 10.2 Å². The van der Waals surface area contributed by atoms with Crippen LogP contribution in [0.5, 0.6) is 0 Å². The maximum atomic E-state index is 12.7. The molecule has 1 unspecified atom stereocenters. The van der Waals surface area contributed by atoms with Crippen molar-refractivity contribution in [3.63, 3.8) is 0 Å². The molecule has 3 aromatic rings. The molecular weight excluding hydrogens is 308 g/mol. The van der Waals surface area contributed by atoms with Crippen LogP contribution in [0.4, 0.5) is 0 Å². The first-order chi connectivity index (χ1) is 12.3. The Kier molecular flexibility index (Phi) is 4.49. The van der Waals surface area contributed by atoms with Crippen molar-refractivity contribution in [3.8, 4) is 0 Å². The fraction of sp³-hybridized carbons (Fsp3) is 0.227. The van der Waals surface area contributed by atoms with Gasteiger partial charge in [0, 0.05) is 31.2 Å². The van der Waals surface area contributed by atoms with E-state index in [0.29, 0.717) is 0 Å². The zero-order valence-corrected chi connectivity index (χ0v) is 14.2. The van der Waals surface area contributed by atoms with Gasteiger partial charge in [-0.05, 0) is 28.8 Å². The SMILES string of the molecule is O=C(NC1CCN(Cc2ccccc2)C1)c1cccc2ccccc12. The van der Waals surface area contributed by atoms with Gasteiger partial charge in [-0.2, -0.15) is 0 Å². The third kappa shape index (κ3) is 3.57. The zero-order chi connectivity index (χ0) is 17.1. The predicted molar refractivity (Wildman–Crippen MR) is 102 cm³/mol. The number of likely N-dealkylation sites (tertiary alicyclic amines) is 1. The van der Waals surface area contributed by atoms with Gasteiger partial charge in [-0.1, -0.05) is 66.7 Å². The summed E-state index contributed by atoms with van der Waals surface area (Å²) in [6.45, 7) is 2.88. The van der Waals surface area contributed by atoms with Crippen molar-refractivity contribution in [2.45, 2.75) is 19.0 Å². The monoisotopic (exact) mass is 330 g/mol. The van der Waals surface area contributed by atoms with Gasteiger partial charge in [0.2, 0.25) is 0 Å². The average Bonchev–Trinajstić information content (AvgIpc) is 3.09. The number of rotatable bonds is 4. The van der Waals surface area contributed by atoms with E-state index in [-0.39, 0.29) is 11.9 Å². The molecule has 126 valence electrons. The second-order valence-electron chi connectivity index (χ2n) is 6.71. The van der Waals surface area contributed by atoms with Crippen molar-refractivity contribution in [1.29, 1.82) is 0 Å². The first-order valence-corrected chi connectivity index (χ1v) is 8.84. The Morgan fingerprint density at radius 3 is 2.60 bits per heavy atom. The van der Waals surface area contributed by atoms with Crippen molar-refractivity contribution in [2.75, 3.05) is 13.1 Å². The lowest BCUT2D eigenvalue weighted by molar-refractivity contribution is 0.0939. The van der Waals surface area contributed by atoms with Crippen molar-refractivity contribution in [3.05, 3.63) is 83.9 Å². The summed E-state index contributed by atoms with van der Waals surface area (Å²) >= 11 is 0. The maximum Gasteiger partial charge on any atom is 0.252 e. The average molecular weight is 330 g/mol. The number of carbonyl (C=O) groups excluding carboxylic acids is 1. The second kappa shape index (κ2) is 7.08. The van der Waals surface area contributed by atoms with Gasteiger partial charge < -0.3 is 5.32 Å². The molecule has 0 aromatic heterocycles. The molecule has 1 amide bonds. The molecule has 0 radical (unpaired) electrons. The van der Waals surface area contributed by atoms with E-state index in [1.54, 1.807) is 0 Å². The number of hydrogen-bond donors (Lipinski definition) is 1. The third-order valence-electron chi connectivity index (χ3n) is 4.89. The van der Waals surface area contributed by atoms with Crippen LogP contribution in [0.1, 0.15) is 22.3 Å². The molecule has 1 aliphatic rings. The molecule has 1 saturated heterocycles.